The van der Waals surface area contributed by atoms with Gasteiger partial charge in [-0.15, -0.1) is 0 Å². The van der Waals surface area contributed by atoms with Gasteiger partial charge in [-0.25, -0.2) is 0 Å². The molecule has 2 N–H and O–H groups in total. The Balaban J connectivity index is 2.69. The first kappa shape index (κ1) is 14.0. The second-order valence-electron chi connectivity index (χ2n) is 5.41. The van der Waals surface area contributed by atoms with Crippen molar-refractivity contribution in [1.29, 1.82) is 0 Å². The summed E-state index contributed by atoms with van der Waals surface area (Å²) < 4.78 is 0.987. The van der Waals surface area contributed by atoms with Crippen molar-refractivity contribution >= 4 is 27.5 Å². The summed E-state index contributed by atoms with van der Waals surface area (Å²) in [6.45, 7) is 6.69. The van der Waals surface area contributed by atoms with Gasteiger partial charge in [0.2, 0.25) is 0 Å². The Morgan fingerprint density at radius 3 is 2.44 bits per heavy atom. The van der Waals surface area contributed by atoms with E-state index < -0.39 is 0 Å². The van der Waals surface area contributed by atoms with E-state index in [9.17, 15) is 0 Å². The normalized spacial score (nSPS) is 13.9. The van der Waals surface area contributed by atoms with Crippen LogP contribution in [0.15, 0.2) is 22.7 Å². The summed E-state index contributed by atoms with van der Waals surface area (Å²) in [4.78, 5) is 0. The van der Waals surface area contributed by atoms with E-state index in [1.54, 1.807) is 0 Å². The molecule has 0 aliphatic heterocycles. The van der Waals surface area contributed by atoms with Gasteiger partial charge < -0.3 is 5.73 Å². The standard InChI is InChI=1S/C13H19BrClN/c1-13(2,3)5-4-12(16)9-6-10(14)8-11(15)7-9/h6-8,12H,4-5,16H2,1-3H3. The third-order valence-corrected chi connectivity index (χ3v) is 3.19. The number of hydrogen-bond acceptors (Lipinski definition) is 1. The molecule has 0 aliphatic rings. The lowest BCUT2D eigenvalue weighted by Gasteiger charge is -2.21. The van der Waals surface area contributed by atoms with Crippen LogP contribution in [0.4, 0.5) is 0 Å². The molecule has 3 heteroatoms. The molecule has 1 aromatic carbocycles. The number of benzene rings is 1. The van der Waals surface area contributed by atoms with E-state index >= 15 is 0 Å². The van der Waals surface area contributed by atoms with E-state index in [-0.39, 0.29) is 6.04 Å². The molecule has 1 aromatic rings. The summed E-state index contributed by atoms with van der Waals surface area (Å²) in [6, 6.07) is 5.93. The molecule has 1 rings (SSSR count). The van der Waals surface area contributed by atoms with Crippen LogP contribution < -0.4 is 5.73 Å². The van der Waals surface area contributed by atoms with Crippen LogP contribution in [0.3, 0.4) is 0 Å². The average Bonchev–Trinajstić information content (AvgIpc) is 2.11. The first-order chi connectivity index (χ1) is 7.28. The fourth-order valence-corrected chi connectivity index (χ4v) is 2.43. The lowest BCUT2D eigenvalue weighted by Crippen LogP contribution is -2.14. The van der Waals surface area contributed by atoms with Gasteiger partial charge in [0.15, 0.2) is 0 Å². The summed E-state index contributed by atoms with van der Waals surface area (Å²) >= 11 is 9.43. The molecular weight excluding hydrogens is 286 g/mol. The summed E-state index contributed by atoms with van der Waals surface area (Å²) in [5.74, 6) is 0. The van der Waals surface area contributed by atoms with Gasteiger partial charge in [0, 0.05) is 15.5 Å². The van der Waals surface area contributed by atoms with Crippen molar-refractivity contribution in [1.82, 2.24) is 0 Å². The van der Waals surface area contributed by atoms with Gasteiger partial charge in [-0.05, 0) is 42.0 Å². The molecule has 90 valence electrons. The minimum Gasteiger partial charge on any atom is -0.324 e. The van der Waals surface area contributed by atoms with Crippen LogP contribution >= 0.6 is 27.5 Å². The Hall–Kier alpha value is -0.0500. The van der Waals surface area contributed by atoms with Crippen molar-refractivity contribution in [2.45, 2.75) is 39.7 Å². The predicted molar refractivity (Wildman–Crippen MR) is 74.8 cm³/mol. The van der Waals surface area contributed by atoms with Crippen molar-refractivity contribution < 1.29 is 0 Å². The van der Waals surface area contributed by atoms with Crippen LogP contribution in [-0.4, -0.2) is 0 Å². The number of halogens is 2. The molecule has 0 saturated carbocycles. The largest absolute Gasteiger partial charge is 0.324 e. The van der Waals surface area contributed by atoms with Gasteiger partial charge in [0.05, 0.1) is 0 Å². The second-order valence-corrected chi connectivity index (χ2v) is 6.76. The molecule has 0 fully saturated rings. The maximum atomic E-state index is 6.16. The van der Waals surface area contributed by atoms with Gasteiger partial charge in [-0.1, -0.05) is 48.3 Å². The van der Waals surface area contributed by atoms with E-state index in [1.807, 2.05) is 18.2 Å². The molecule has 0 amide bonds. The Kier molecular flexibility index (Phi) is 4.84. The first-order valence-corrected chi connectivity index (χ1v) is 6.66. The molecule has 0 heterocycles. The Labute approximate surface area is 111 Å². The smallest absolute Gasteiger partial charge is 0.0420 e. The summed E-state index contributed by atoms with van der Waals surface area (Å²) in [7, 11) is 0. The third-order valence-electron chi connectivity index (χ3n) is 2.52. The van der Waals surface area contributed by atoms with Crippen LogP contribution in [0.25, 0.3) is 0 Å². The van der Waals surface area contributed by atoms with Gasteiger partial charge in [-0.2, -0.15) is 0 Å². The van der Waals surface area contributed by atoms with Crippen molar-refractivity contribution in [3.05, 3.63) is 33.3 Å². The van der Waals surface area contributed by atoms with Gasteiger partial charge >= 0.3 is 0 Å². The van der Waals surface area contributed by atoms with E-state index in [2.05, 4.69) is 36.7 Å². The van der Waals surface area contributed by atoms with Crippen molar-refractivity contribution in [3.8, 4) is 0 Å². The molecule has 0 aromatic heterocycles. The van der Waals surface area contributed by atoms with Crippen LogP contribution in [-0.2, 0) is 0 Å². The molecule has 16 heavy (non-hydrogen) atoms. The van der Waals surface area contributed by atoms with E-state index in [1.165, 1.54) is 0 Å². The van der Waals surface area contributed by atoms with Crippen LogP contribution in [0.1, 0.15) is 45.2 Å². The van der Waals surface area contributed by atoms with Crippen molar-refractivity contribution in [3.63, 3.8) is 0 Å². The highest BCUT2D eigenvalue weighted by Crippen LogP contribution is 2.29. The fourth-order valence-electron chi connectivity index (χ4n) is 1.54. The van der Waals surface area contributed by atoms with E-state index in [0.717, 1.165) is 27.9 Å². The highest BCUT2D eigenvalue weighted by molar-refractivity contribution is 9.10. The zero-order chi connectivity index (χ0) is 12.3. The molecule has 1 unspecified atom stereocenters. The minimum absolute atomic E-state index is 0.0641. The van der Waals surface area contributed by atoms with Crippen LogP contribution in [0.5, 0.6) is 0 Å². The molecular formula is C13H19BrClN. The lowest BCUT2D eigenvalue weighted by molar-refractivity contribution is 0.350. The van der Waals surface area contributed by atoms with E-state index in [4.69, 9.17) is 17.3 Å². The van der Waals surface area contributed by atoms with Gasteiger partial charge in [0.1, 0.15) is 0 Å². The Morgan fingerprint density at radius 2 is 1.94 bits per heavy atom. The zero-order valence-corrected chi connectivity index (χ0v) is 12.4. The minimum atomic E-state index is 0.0641. The SMILES string of the molecule is CC(C)(C)CCC(N)c1cc(Cl)cc(Br)c1. The van der Waals surface area contributed by atoms with Crippen LogP contribution in [0.2, 0.25) is 5.02 Å². The first-order valence-electron chi connectivity index (χ1n) is 5.49. The summed E-state index contributed by atoms with van der Waals surface area (Å²) in [6.07, 6.45) is 2.09. The average molecular weight is 305 g/mol. The number of hydrogen-bond donors (Lipinski definition) is 1. The van der Waals surface area contributed by atoms with Crippen molar-refractivity contribution in [2.75, 3.05) is 0 Å². The highest BCUT2D eigenvalue weighted by Gasteiger charge is 2.14. The number of rotatable bonds is 3. The molecule has 1 nitrogen and oxygen atoms in total. The summed E-state index contributed by atoms with van der Waals surface area (Å²) in [5, 5.41) is 0.732. The van der Waals surface area contributed by atoms with Crippen molar-refractivity contribution in [2.24, 2.45) is 11.1 Å². The van der Waals surface area contributed by atoms with E-state index in [0.29, 0.717) is 5.41 Å². The van der Waals surface area contributed by atoms with Gasteiger partial charge in [-0.3, -0.25) is 0 Å². The maximum absolute atomic E-state index is 6.16. The maximum Gasteiger partial charge on any atom is 0.0420 e. The molecule has 0 bridgehead atoms. The molecule has 1 atom stereocenters. The molecule has 0 radical (unpaired) electrons. The third kappa shape index (κ3) is 4.86. The van der Waals surface area contributed by atoms with Gasteiger partial charge in [0.25, 0.3) is 0 Å². The quantitative estimate of drug-likeness (QED) is 0.842. The Bertz CT molecular complexity index is 337. The van der Waals surface area contributed by atoms with Crippen LogP contribution in [0, 0.1) is 5.41 Å². The zero-order valence-electron chi connectivity index (χ0n) is 10.1. The number of nitrogens with two attached hydrogens (primary N) is 1. The molecule has 0 spiro atoms. The molecule has 0 aliphatic carbocycles. The second kappa shape index (κ2) is 5.52. The Morgan fingerprint density at radius 1 is 1.31 bits per heavy atom. The highest BCUT2D eigenvalue weighted by atomic mass is 79.9. The topological polar surface area (TPSA) is 26.0 Å². The fraction of sp³-hybridized carbons (Fsp3) is 0.538. The monoisotopic (exact) mass is 303 g/mol. The predicted octanol–water partition coefficient (Wildman–Crippen LogP) is 4.93. The lowest BCUT2D eigenvalue weighted by atomic mass is 9.87. The molecule has 0 saturated heterocycles. The summed E-state index contributed by atoms with van der Waals surface area (Å²) in [5.41, 5.74) is 7.59.